The highest BCUT2D eigenvalue weighted by Crippen LogP contribution is 2.14. The Hall–Kier alpha value is -1.05. The molecule has 0 aliphatic heterocycles. The summed E-state index contributed by atoms with van der Waals surface area (Å²) >= 11 is 0. The first-order valence-corrected chi connectivity index (χ1v) is 3.74. The lowest BCUT2D eigenvalue weighted by Crippen LogP contribution is -1.92. The van der Waals surface area contributed by atoms with Crippen LogP contribution in [0, 0.1) is 5.82 Å². The van der Waals surface area contributed by atoms with Crippen molar-refractivity contribution < 1.29 is 4.39 Å². The molecule has 1 N–H and O–H groups in total. The Bertz CT molecular complexity index is 245. The van der Waals surface area contributed by atoms with Crippen molar-refractivity contribution in [2.45, 2.75) is 13.3 Å². The summed E-state index contributed by atoms with van der Waals surface area (Å²) in [5, 5.41) is 2.96. The highest BCUT2D eigenvalue weighted by atomic mass is 19.1. The van der Waals surface area contributed by atoms with Gasteiger partial charge in [0.1, 0.15) is 5.82 Å². The lowest BCUT2D eigenvalue weighted by Gasteiger charge is -2.03. The Morgan fingerprint density at radius 1 is 1.45 bits per heavy atom. The van der Waals surface area contributed by atoms with Crippen LogP contribution < -0.4 is 5.32 Å². The smallest absolute Gasteiger partial charge is 0.126 e. The van der Waals surface area contributed by atoms with Gasteiger partial charge in [0.2, 0.25) is 0 Å². The van der Waals surface area contributed by atoms with Gasteiger partial charge in [0.05, 0.1) is 0 Å². The molecule has 0 atom stereocenters. The van der Waals surface area contributed by atoms with E-state index in [4.69, 9.17) is 0 Å². The first-order chi connectivity index (χ1) is 5.27. The lowest BCUT2D eigenvalue weighted by atomic mass is 10.1. The lowest BCUT2D eigenvalue weighted by molar-refractivity contribution is 0.612. The quantitative estimate of drug-likeness (QED) is 0.688. The van der Waals surface area contributed by atoms with Crippen molar-refractivity contribution in [2.24, 2.45) is 0 Å². The van der Waals surface area contributed by atoms with E-state index in [1.54, 1.807) is 6.07 Å². The molecule has 0 spiro atoms. The molecule has 0 bridgehead atoms. The van der Waals surface area contributed by atoms with Crippen LogP contribution in [0.2, 0.25) is 0 Å². The molecule has 0 amide bonds. The third kappa shape index (κ3) is 1.70. The van der Waals surface area contributed by atoms with E-state index in [0.717, 1.165) is 17.7 Å². The van der Waals surface area contributed by atoms with Crippen molar-refractivity contribution in [3.8, 4) is 0 Å². The van der Waals surface area contributed by atoms with E-state index >= 15 is 0 Å². The molecule has 2 heteroatoms. The Balaban J connectivity index is 3.02. The zero-order chi connectivity index (χ0) is 8.27. The minimum Gasteiger partial charge on any atom is -0.388 e. The molecule has 0 aliphatic carbocycles. The van der Waals surface area contributed by atoms with E-state index < -0.39 is 0 Å². The molecule has 11 heavy (non-hydrogen) atoms. The molecule has 0 aromatic heterocycles. The molecule has 0 heterocycles. The van der Waals surface area contributed by atoms with Crippen LogP contribution in [0.25, 0.3) is 0 Å². The van der Waals surface area contributed by atoms with Gasteiger partial charge in [-0.1, -0.05) is 6.92 Å². The second kappa shape index (κ2) is 3.37. The van der Waals surface area contributed by atoms with Crippen LogP contribution in [0.5, 0.6) is 0 Å². The summed E-state index contributed by atoms with van der Waals surface area (Å²) in [7, 11) is 1.83. The number of hydrogen-bond acceptors (Lipinski definition) is 1. The topological polar surface area (TPSA) is 12.0 Å². The summed E-state index contributed by atoms with van der Waals surface area (Å²) in [6.45, 7) is 1.94. The summed E-state index contributed by atoms with van der Waals surface area (Å²) in [4.78, 5) is 0. The van der Waals surface area contributed by atoms with Crippen LogP contribution in [-0.2, 0) is 6.42 Å². The van der Waals surface area contributed by atoms with Crippen LogP contribution >= 0.6 is 0 Å². The maximum absolute atomic E-state index is 12.9. The predicted molar refractivity (Wildman–Crippen MR) is 45.3 cm³/mol. The molecule has 0 saturated carbocycles. The average Bonchev–Trinajstić information content (AvgIpc) is 2.05. The van der Waals surface area contributed by atoms with Crippen molar-refractivity contribution in [1.82, 2.24) is 0 Å². The molecule has 1 aromatic rings. The second-order valence-corrected chi connectivity index (χ2v) is 2.41. The number of rotatable bonds is 2. The fourth-order valence-corrected chi connectivity index (χ4v) is 1.00. The standard InChI is InChI=1S/C9H12FN/c1-3-7-6-8(11-2)4-5-9(7)10/h4-6,11H,3H2,1-2H3. The van der Waals surface area contributed by atoms with Gasteiger partial charge in [-0.3, -0.25) is 0 Å². The van der Waals surface area contributed by atoms with Gasteiger partial charge in [-0.05, 0) is 30.2 Å². The maximum atomic E-state index is 12.9. The summed E-state index contributed by atoms with van der Waals surface area (Å²) < 4.78 is 12.9. The number of anilines is 1. The van der Waals surface area contributed by atoms with Crippen molar-refractivity contribution in [1.29, 1.82) is 0 Å². The fourth-order valence-electron chi connectivity index (χ4n) is 1.00. The fraction of sp³-hybridized carbons (Fsp3) is 0.333. The molecule has 1 nitrogen and oxygen atoms in total. The molecule has 0 unspecified atom stereocenters. The summed E-state index contributed by atoms with van der Waals surface area (Å²) in [5.41, 5.74) is 1.72. The van der Waals surface area contributed by atoms with E-state index in [1.165, 1.54) is 6.07 Å². The van der Waals surface area contributed by atoms with E-state index in [9.17, 15) is 4.39 Å². The highest BCUT2D eigenvalue weighted by molar-refractivity contribution is 5.45. The zero-order valence-electron chi connectivity index (χ0n) is 6.82. The van der Waals surface area contributed by atoms with Gasteiger partial charge in [-0.15, -0.1) is 0 Å². The molecule has 0 aliphatic rings. The highest BCUT2D eigenvalue weighted by Gasteiger charge is 1.98. The van der Waals surface area contributed by atoms with Crippen molar-refractivity contribution in [3.05, 3.63) is 29.6 Å². The van der Waals surface area contributed by atoms with E-state index in [0.29, 0.717) is 0 Å². The third-order valence-corrected chi connectivity index (χ3v) is 1.72. The van der Waals surface area contributed by atoms with Crippen molar-refractivity contribution >= 4 is 5.69 Å². The average molecular weight is 153 g/mol. The van der Waals surface area contributed by atoms with Gasteiger partial charge < -0.3 is 5.32 Å². The van der Waals surface area contributed by atoms with Crippen molar-refractivity contribution in [2.75, 3.05) is 12.4 Å². The summed E-state index contributed by atoms with van der Waals surface area (Å²) in [5.74, 6) is -0.119. The van der Waals surface area contributed by atoms with Crippen molar-refractivity contribution in [3.63, 3.8) is 0 Å². The molecule has 1 rings (SSSR count). The van der Waals surface area contributed by atoms with Crippen LogP contribution in [-0.4, -0.2) is 7.05 Å². The Morgan fingerprint density at radius 2 is 2.18 bits per heavy atom. The van der Waals surface area contributed by atoms with Crippen LogP contribution in [0.3, 0.4) is 0 Å². The van der Waals surface area contributed by atoms with E-state index in [-0.39, 0.29) is 5.82 Å². The Labute approximate surface area is 66.2 Å². The number of aryl methyl sites for hydroxylation is 1. The normalized spacial score (nSPS) is 9.73. The number of halogens is 1. The number of benzene rings is 1. The second-order valence-electron chi connectivity index (χ2n) is 2.41. The first-order valence-electron chi connectivity index (χ1n) is 3.74. The maximum Gasteiger partial charge on any atom is 0.126 e. The molecule has 60 valence electrons. The Kier molecular flexibility index (Phi) is 2.47. The van der Waals surface area contributed by atoms with Gasteiger partial charge >= 0.3 is 0 Å². The largest absolute Gasteiger partial charge is 0.388 e. The van der Waals surface area contributed by atoms with Gasteiger partial charge in [-0.25, -0.2) is 4.39 Å². The molecular formula is C9H12FN. The Morgan fingerprint density at radius 3 is 2.73 bits per heavy atom. The summed E-state index contributed by atoms with van der Waals surface area (Å²) in [6.07, 6.45) is 0.737. The molecule has 0 fully saturated rings. The van der Waals surface area contributed by atoms with Crippen LogP contribution in [0.1, 0.15) is 12.5 Å². The van der Waals surface area contributed by atoms with E-state index in [2.05, 4.69) is 5.32 Å². The van der Waals surface area contributed by atoms with Gasteiger partial charge in [-0.2, -0.15) is 0 Å². The third-order valence-electron chi connectivity index (χ3n) is 1.72. The van der Waals surface area contributed by atoms with E-state index in [1.807, 2.05) is 20.0 Å². The number of nitrogens with one attached hydrogen (secondary N) is 1. The molecule has 0 radical (unpaired) electrons. The van der Waals surface area contributed by atoms with Gasteiger partial charge in [0.15, 0.2) is 0 Å². The molecule has 0 saturated heterocycles. The first kappa shape index (κ1) is 8.05. The SMILES string of the molecule is CCc1cc(NC)ccc1F. The minimum atomic E-state index is -0.119. The molecule has 1 aromatic carbocycles. The monoisotopic (exact) mass is 153 g/mol. The number of hydrogen-bond donors (Lipinski definition) is 1. The molecular weight excluding hydrogens is 141 g/mol. The van der Waals surface area contributed by atoms with Gasteiger partial charge in [0.25, 0.3) is 0 Å². The zero-order valence-corrected chi connectivity index (χ0v) is 6.82. The minimum absolute atomic E-state index is 0.119. The van der Waals surface area contributed by atoms with Gasteiger partial charge in [0, 0.05) is 12.7 Å². The van der Waals surface area contributed by atoms with Crippen LogP contribution in [0.15, 0.2) is 18.2 Å². The predicted octanol–water partition coefficient (Wildman–Crippen LogP) is 2.43. The summed E-state index contributed by atoms with van der Waals surface area (Å²) in [6, 6.07) is 5.05. The van der Waals surface area contributed by atoms with Crippen LogP contribution in [0.4, 0.5) is 10.1 Å².